The molecular formula is C19H24N8. The van der Waals surface area contributed by atoms with Crippen molar-refractivity contribution in [3.63, 3.8) is 0 Å². The highest BCUT2D eigenvalue weighted by Gasteiger charge is 2.34. The molecule has 0 N–H and O–H groups in total. The lowest BCUT2D eigenvalue weighted by molar-refractivity contribution is 0.0236. The molecule has 0 amide bonds. The smallest absolute Gasteiger partial charge is 0.177 e. The molecule has 0 bridgehead atoms. The minimum absolute atomic E-state index is 0.643. The molecule has 0 radical (unpaired) electrons. The van der Waals surface area contributed by atoms with Crippen molar-refractivity contribution in [1.29, 1.82) is 0 Å². The highest BCUT2D eigenvalue weighted by molar-refractivity contribution is 5.38. The molecule has 2 saturated heterocycles. The second-order valence-corrected chi connectivity index (χ2v) is 7.42. The first-order valence-corrected chi connectivity index (χ1v) is 9.56. The molecule has 140 valence electrons. The zero-order valence-corrected chi connectivity index (χ0v) is 15.6. The van der Waals surface area contributed by atoms with Crippen molar-refractivity contribution in [2.45, 2.75) is 19.5 Å². The van der Waals surface area contributed by atoms with Gasteiger partial charge in [0.2, 0.25) is 0 Å². The number of fused-ring (bicyclic) bond motifs is 1. The fraction of sp³-hybridized carbons (Fsp3) is 0.474. The van der Waals surface area contributed by atoms with Crippen molar-refractivity contribution >= 4 is 11.5 Å². The van der Waals surface area contributed by atoms with Crippen LogP contribution >= 0.6 is 0 Å². The Balaban J connectivity index is 1.14. The number of rotatable bonds is 4. The Labute approximate surface area is 158 Å². The lowest BCUT2D eigenvalue weighted by Gasteiger charge is -2.48. The second-order valence-electron chi connectivity index (χ2n) is 7.42. The molecule has 0 aromatic carbocycles. The van der Waals surface area contributed by atoms with Crippen LogP contribution in [0.4, 0.5) is 5.82 Å². The summed E-state index contributed by atoms with van der Waals surface area (Å²) in [6, 6.07) is 10.7. The molecule has 3 aromatic heterocycles. The molecule has 2 aliphatic heterocycles. The topological polar surface area (TPSA) is 65.7 Å². The first kappa shape index (κ1) is 16.6. The highest BCUT2D eigenvalue weighted by Crippen LogP contribution is 2.20. The Kier molecular flexibility index (Phi) is 4.21. The van der Waals surface area contributed by atoms with Crippen molar-refractivity contribution in [2.24, 2.45) is 0 Å². The van der Waals surface area contributed by atoms with E-state index in [1.54, 1.807) is 0 Å². The van der Waals surface area contributed by atoms with Crippen molar-refractivity contribution in [3.8, 4) is 0 Å². The van der Waals surface area contributed by atoms with Crippen molar-refractivity contribution in [3.05, 3.63) is 48.0 Å². The van der Waals surface area contributed by atoms with E-state index in [4.69, 9.17) is 0 Å². The number of aromatic nitrogens is 5. The fourth-order valence-corrected chi connectivity index (χ4v) is 3.98. The lowest BCUT2D eigenvalue weighted by Crippen LogP contribution is -2.62. The summed E-state index contributed by atoms with van der Waals surface area (Å²) >= 11 is 0. The number of piperazine rings is 1. The number of anilines is 1. The van der Waals surface area contributed by atoms with E-state index in [-0.39, 0.29) is 0 Å². The Hall–Kier alpha value is -2.58. The van der Waals surface area contributed by atoms with Crippen LogP contribution in [0, 0.1) is 6.92 Å². The van der Waals surface area contributed by atoms with Gasteiger partial charge < -0.3 is 4.90 Å². The molecule has 0 atom stereocenters. The average molecular weight is 364 g/mol. The Morgan fingerprint density at radius 1 is 1.00 bits per heavy atom. The predicted octanol–water partition coefficient (Wildman–Crippen LogP) is 0.834. The lowest BCUT2D eigenvalue weighted by atomic mass is 10.1. The van der Waals surface area contributed by atoms with Crippen LogP contribution in [-0.4, -0.2) is 79.9 Å². The third-order valence-electron chi connectivity index (χ3n) is 5.57. The molecule has 0 unspecified atom stereocenters. The van der Waals surface area contributed by atoms with Gasteiger partial charge in [0.05, 0.1) is 12.2 Å². The zero-order valence-electron chi connectivity index (χ0n) is 15.6. The Morgan fingerprint density at radius 3 is 2.63 bits per heavy atom. The number of pyridine rings is 1. The van der Waals surface area contributed by atoms with E-state index >= 15 is 0 Å². The molecule has 3 aromatic rings. The molecule has 8 nitrogen and oxygen atoms in total. The van der Waals surface area contributed by atoms with Crippen LogP contribution in [0.25, 0.3) is 5.65 Å². The van der Waals surface area contributed by atoms with Crippen LogP contribution in [0.5, 0.6) is 0 Å². The molecule has 5 heterocycles. The predicted molar refractivity (Wildman–Crippen MR) is 103 cm³/mol. The average Bonchev–Trinajstić information content (AvgIpc) is 3.07. The minimum Gasteiger partial charge on any atom is -0.354 e. The number of likely N-dealkylation sites (tertiary alicyclic amines) is 1. The first-order chi connectivity index (χ1) is 13.3. The summed E-state index contributed by atoms with van der Waals surface area (Å²) in [5.74, 6) is 2.01. The van der Waals surface area contributed by atoms with Gasteiger partial charge >= 0.3 is 0 Å². The van der Waals surface area contributed by atoms with Crippen molar-refractivity contribution in [1.82, 2.24) is 34.6 Å². The van der Waals surface area contributed by atoms with E-state index in [9.17, 15) is 0 Å². The molecule has 2 fully saturated rings. The summed E-state index contributed by atoms with van der Waals surface area (Å²) in [6.45, 7) is 9.27. The Bertz CT molecular complexity index is 910. The number of nitrogens with zero attached hydrogens (tertiary/aromatic N) is 8. The number of aryl methyl sites for hydroxylation is 1. The van der Waals surface area contributed by atoms with Gasteiger partial charge in [0, 0.05) is 51.5 Å². The quantitative estimate of drug-likeness (QED) is 0.679. The zero-order chi connectivity index (χ0) is 18.2. The molecule has 2 aliphatic rings. The van der Waals surface area contributed by atoms with Crippen LogP contribution in [0.1, 0.15) is 11.5 Å². The minimum atomic E-state index is 0.643. The van der Waals surface area contributed by atoms with E-state index in [0.717, 1.165) is 68.8 Å². The maximum Gasteiger partial charge on any atom is 0.177 e. The van der Waals surface area contributed by atoms with Crippen molar-refractivity contribution in [2.75, 3.05) is 44.2 Å². The van der Waals surface area contributed by atoms with Gasteiger partial charge in [-0.15, -0.1) is 10.2 Å². The maximum absolute atomic E-state index is 4.54. The van der Waals surface area contributed by atoms with Crippen LogP contribution in [0.2, 0.25) is 0 Å². The highest BCUT2D eigenvalue weighted by atomic mass is 15.4. The first-order valence-electron chi connectivity index (χ1n) is 9.56. The van der Waals surface area contributed by atoms with Gasteiger partial charge in [0.15, 0.2) is 11.5 Å². The van der Waals surface area contributed by atoms with Crippen LogP contribution in [0.15, 0.2) is 36.5 Å². The standard InChI is InChI=1S/C19H24N8/c1-15-5-6-18-21-22-19(27(18)23-15)14-24-12-16(13-24)25-8-10-26(11-9-25)17-4-2-3-7-20-17/h2-7,16H,8-14H2,1H3. The molecule has 8 heteroatoms. The van der Waals surface area contributed by atoms with Gasteiger partial charge in [-0.3, -0.25) is 9.80 Å². The van der Waals surface area contributed by atoms with Gasteiger partial charge in [0.25, 0.3) is 0 Å². The summed E-state index contributed by atoms with van der Waals surface area (Å²) in [7, 11) is 0. The molecule has 0 saturated carbocycles. The van der Waals surface area contributed by atoms with Crippen molar-refractivity contribution < 1.29 is 0 Å². The van der Waals surface area contributed by atoms with Crippen LogP contribution < -0.4 is 4.90 Å². The monoisotopic (exact) mass is 364 g/mol. The van der Waals surface area contributed by atoms with E-state index < -0.39 is 0 Å². The largest absolute Gasteiger partial charge is 0.354 e. The molecule has 0 spiro atoms. The molecule has 5 rings (SSSR count). The van der Waals surface area contributed by atoms with Gasteiger partial charge in [0.1, 0.15) is 5.82 Å². The molecule has 0 aliphatic carbocycles. The SMILES string of the molecule is Cc1ccc2nnc(CN3CC(N4CCN(c5ccccn5)CC4)C3)n2n1. The van der Waals surface area contributed by atoms with E-state index in [1.807, 2.05) is 35.8 Å². The van der Waals surface area contributed by atoms with E-state index in [2.05, 4.69) is 47.1 Å². The summed E-state index contributed by atoms with van der Waals surface area (Å²) in [5.41, 5.74) is 1.80. The summed E-state index contributed by atoms with van der Waals surface area (Å²) in [6.07, 6.45) is 1.87. The normalized spacial score (nSPS) is 19.5. The summed E-state index contributed by atoms with van der Waals surface area (Å²) < 4.78 is 1.87. The summed E-state index contributed by atoms with van der Waals surface area (Å²) in [4.78, 5) is 11.9. The number of hydrogen-bond donors (Lipinski definition) is 0. The Morgan fingerprint density at radius 2 is 1.85 bits per heavy atom. The maximum atomic E-state index is 4.54. The van der Waals surface area contributed by atoms with E-state index in [1.165, 1.54) is 0 Å². The third kappa shape index (κ3) is 3.26. The van der Waals surface area contributed by atoms with Crippen LogP contribution in [0.3, 0.4) is 0 Å². The van der Waals surface area contributed by atoms with Gasteiger partial charge in [-0.25, -0.2) is 4.98 Å². The van der Waals surface area contributed by atoms with E-state index in [0.29, 0.717) is 6.04 Å². The molecular weight excluding hydrogens is 340 g/mol. The summed E-state index contributed by atoms with van der Waals surface area (Å²) in [5, 5.41) is 13.1. The van der Waals surface area contributed by atoms with Gasteiger partial charge in [-0.05, 0) is 31.2 Å². The van der Waals surface area contributed by atoms with Crippen LogP contribution in [-0.2, 0) is 6.54 Å². The fourth-order valence-electron chi connectivity index (χ4n) is 3.98. The molecule has 27 heavy (non-hydrogen) atoms. The van der Waals surface area contributed by atoms with Gasteiger partial charge in [-0.2, -0.15) is 9.61 Å². The third-order valence-corrected chi connectivity index (χ3v) is 5.57. The van der Waals surface area contributed by atoms with Gasteiger partial charge in [-0.1, -0.05) is 6.07 Å². The second kappa shape index (κ2) is 6.86. The number of hydrogen-bond acceptors (Lipinski definition) is 7.